The van der Waals surface area contributed by atoms with Crippen molar-refractivity contribution < 1.29 is 4.79 Å². The number of carbonyl (C=O) groups is 1. The predicted molar refractivity (Wildman–Crippen MR) is 70.4 cm³/mol. The smallest absolute Gasteiger partial charge is 0.237 e. The second-order valence-electron chi connectivity index (χ2n) is 4.53. The van der Waals surface area contributed by atoms with Gasteiger partial charge in [-0.25, -0.2) is 0 Å². The molecule has 0 aliphatic rings. The van der Waals surface area contributed by atoms with Crippen molar-refractivity contribution in [3.8, 4) is 6.07 Å². The zero-order valence-corrected chi connectivity index (χ0v) is 11.3. The zero-order valence-electron chi connectivity index (χ0n) is 11.3. The fourth-order valence-electron chi connectivity index (χ4n) is 1.78. The molecule has 98 valence electrons. The van der Waals surface area contributed by atoms with E-state index < -0.39 is 5.92 Å². The van der Waals surface area contributed by atoms with Gasteiger partial charge in [-0.05, 0) is 12.8 Å². The first-order chi connectivity index (χ1) is 8.26. The highest BCUT2D eigenvalue weighted by Gasteiger charge is 2.15. The van der Waals surface area contributed by atoms with Gasteiger partial charge in [0, 0.05) is 6.54 Å². The van der Waals surface area contributed by atoms with E-state index in [1.165, 1.54) is 32.1 Å². The summed E-state index contributed by atoms with van der Waals surface area (Å²) in [5.41, 5.74) is 0. The third-order valence-corrected chi connectivity index (χ3v) is 2.88. The standard InChI is InChI=1S/C14H26N2O/c1-3-5-6-7-8-9-11-16-14(17)13(12-15)10-4-2/h13H,3-11H2,1-2H3,(H,16,17). The average Bonchev–Trinajstić information content (AvgIpc) is 2.34. The lowest BCUT2D eigenvalue weighted by atomic mass is 10.0. The van der Waals surface area contributed by atoms with Gasteiger partial charge in [-0.3, -0.25) is 4.79 Å². The van der Waals surface area contributed by atoms with Crippen LogP contribution in [0.15, 0.2) is 0 Å². The summed E-state index contributed by atoms with van der Waals surface area (Å²) < 4.78 is 0. The fraction of sp³-hybridized carbons (Fsp3) is 0.857. The molecule has 0 saturated carbocycles. The summed E-state index contributed by atoms with van der Waals surface area (Å²) in [4.78, 5) is 11.6. The predicted octanol–water partition coefficient (Wildman–Crippen LogP) is 3.40. The Hall–Kier alpha value is -1.04. The molecule has 0 aromatic heterocycles. The van der Waals surface area contributed by atoms with E-state index in [2.05, 4.69) is 18.3 Å². The van der Waals surface area contributed by atoms with Gasteiger partial charge in [0.15, 0.2) is 0 Å². The molecule has 0 aliphatic carbocycles. The van der Waals surface area contributed by atoms with Gasteiger partial charge in [0.2, 0.25) is 5.91 Å². The monoisotopic (exact) mass is 238 g/mol. The lowest BCUT2D eigenvalue weighted by molar-refractivity contribution is -0.123. The topological polar surface area (TPSA) is 52.9 Å². The Labute approximate surface area is 106 Å². The molecule has 0 aliphatic heterocycles. The molecule has 17 heavy (non-hydrogen) atoms. The quantitative estimate of drug-likeness (QED) is 0.593. The molecule has 0 heterocycles. The number of rotatable bonds is 10. The maximum Gasteiger partial charge on any atom is 0.237 e. The highest BCUT2D eigenvalue weighted by atomic mass is 16.1. The number of hydrogen-bond acceptors (Lipinski definition) is 2. The SMILES string of the molecule is CCCCCCCCNC(=O)C(C#N)CCC. The van der Waals surface area contributed by atoms with Crippen LogP contribution >= 0.6 is 0 Å². The van der Waals surface area contributed by atoms with Crippen LogP contribution < -0.4 is 5.32 Å². The molecule has 1 amide bonds. The van der Waals surface area contributed by atoms with Gasteiger partial charge in [0.25, 0.3) is 0 Å². The Balaban J connectivity index is 3.47. The van der Waals surface area contributed by atoms with Crippen molar-refractivity contribution in [1.82, 2.24) is 5.32 Å². The highest BCUT2D eigenvalue weighted by molar-refractivity contribution is 5.80. The summed E-state index contributed by atoms with van der Waals surface area (Å²) in [5, 5.41) is 11.7. The van der Waals surface area contributed by atoms with Crippen molar-refractivity contribution in [2.45, 2.75) is 65.2 Å². The number of nitrogens with zero attached hydrogens (tertiary/aromatic N) is 1. The number of unbranched alkanes of at least 4 members (excludes halogenated alkanes) is 5. The van der Waals surface area contributed by atoms with Gasteiger partial charge >= 0.3 is 0 Å². The van der Waals surface area contributed by atoms with Crippen molar-refractivity contribution in [3.05, 3.63) is 0 Å². The minimum atomic E-state index is -0.458. The second kappa shape index (κ2) is 11.4. The van der Waals surface area contributed by atoms with Crippen LogP contribution in [0.4, 0.5) is 0 Å². The van der Waals surface area contributed by atoms with Crippen molar-refractivity contribution in [1.29, 1.82) is 5.26 Å². The van der Waals surface area contributed by atoms with E-state index >= 15 is 0 Å². The summed E-state index contributed by atoms with van der Waals surface area (Å²) >= 11 is 0. The van der Waals surface area contributed by atoms with Gasteiger partial charge in [-0.2, -0.15) is 5.26 Å². The van der Waals surface area contributed by atoms with Crippen molar-refractivity contribution in [2.75, 3.05) is 6.54 Å². The summed E-state index contributed by atoms with van der Waals surface area (Å²) in [6, 6.07) is 2.06. The lowest BCUT2D eigenvalue weighted by Crippen LogP contribution is -2.30. The summed E-state index contributed by atoms with van der Waals surface area (Å²) in [7, 11) is 0. The second-order valence-corrected chi connectivity index (χ2v) is 4.53. The summed E-state index contributed by atoms with van der Waals surface area (Å²) in [6.07, 6.45) is 8.85. The molecular weight excluding hydrogens is 212 g/mol. The van der Waals surface area contributed by atoms with E-state index in [0.29, 0.717) is 13.0 Å². The van der Waals surface area contributed by atoms with Crippen LogP contribution in [0.3, 0.4) is 0 Å². The van der Waals surface area contributed by atoms with Crippen molar-refractivity contribution in [3.63, 3.8) is 0 Å². The third-order valence-electron chi connectivity index (χ3n) is 2.88. The zero-order chi connectivity index (χ0) is 12.9. The van der Waals surface area contributed by atoms with Crippen LogP contribution in [0.2, 0.25) is 0 Å². The molecule has 0 bridgehead atoms. The molecule has 3 nitrogen and oxygen atoms in total. The average molecular weight is 238 g/mol. The Kier molecular flexibility index (Phi) is 10.7. The molecule has 0 radical (unpaired) electrons. The molecular formula is C14H26N2O. The number of nitriles is 1. The first-order valence-electron chi connectivity index (χ1n) is 6.93. The van der Waals surface area contributed by atoms with E-state index in [9.17, 15) is 4.79 Å². The normalized spacial score (nSPS) is 11.8. The summed E-state index contributed by atoms with van der Waals surface area (Å²) in [5.74, 6) is -0.553. The maximum absolute atomic E-state index is 11.6. The first kappa shape index (κ1) is 16.0. The van der Waals surface area contributed by atoms with Crippen LogP contribution in [0.5, 0.6) is 0 Å². The molecule has 0 aromatic carbocycles. The molecule has 0 aromatic rings. The number of amides is 1. The molecule has 1 atom stereocenters. The van der Waals surface area contributed by atoms with Crippen LogP contribution in [0.25, 0.3) is 0 Å². The number of hydrogen-bond donors (Lipinski definition) is 1. The van der Waals surface area contributed by atoms with E-state index in [0.717, 1.165) is 12.8 Å². The van der Waals surface area contributed by atoms with Gasteiger partial charge in [-0.1, -0.05) is 52.4 Å². The van der Waals surface area contributed by atoms with Crippen LogP contribution in [0, 0.1) is 17.2 Å². The lowest BCUT2D eigenvalue weighted by Gasteiger charge is -2.08. The molecule has 1 unspecified atom stereocenters. The minimum absolute atomic E-state index is 0.0945. The van der Waals surface area contributed by atoms with Gasteiger partial charge in [-0.15, -0.1) is 0 Å². The molecule has 0 spiro atoms. The Morgan fingerprint density at radius 1 is 1.12 bits per heavy atom. The van der Waals surface area contributed by atoms with E-state index in [1.807, 2.05) is 6.92 Å². The molecule has 0 fully saturated rings. The third kappa shape index (κ3) is 8.74. The van der Waals surface area contributed by atoms with Gasteiger partial charge < -0.3 is 5.32 Å². The first-order valence-corrected chi connectivity index (χ1v) is 6.93. The van der Waals surface area contributed by atoms with Crippen LogP contribution in [0.1, 0.15) is 65.2 Å². The molecule has 0 rings (SSSR count). The number of nitrogens with one attached hydrogen (secondary N) is 1. The van der Waals surface area contributed by atoms with E-state index in [4.69, 9.17) is 5.26 Å². The maximum atomic E-state index is 11.6. The van der Waals surface area contributed by atoms with Crippen LogP contribution in [-0.2, 0) is 4.79 Å². The Bertz CT molecular complexity index is 233. The summed E-state index contributed by atoms with van der Waals surface area (Å²) in [6.45, 7) is 4.91. The van der Waals surface area contributed by atoms with Crippen molar-refractivity contribution >= 4 is 5.91 Å². The Morgan fingerprint density at radius 2 is 1.76 bits per heavy atom. The highest BCUT2D eigenvalue weighted by Crippen LogP contribution is 2.06. The minimum Gasteiger partial charge on any atom is -0.355 e. The Morgan fingerprint density at radius 3 is 2.35 bits per heavy atom. The number of carbonyl (C=O) groups excluding carboxylic acids is 1. The molecule has 3 heteroatoms. The van der Waals surface area contributed by atoms with E-state index in [-0.39, 0.29) is 5.91 Å². The van der Waals surface area contributed by atoms with Crippen LogP contribution in [-0.4, -0.2) is 12.5 Å². The fourth-order valence-corrected chi connectivity index (χ4v) is 1.78. The van der Waals surface area contributed by atoms with Gasteiger partial charge in [0.05, 0.1) is 6.07 Å². The molecule has 0 saturated heterocycles. The van der Waals surface area contributed by atoms with Gasteiger partial charge in [0.1, 0.15) is 5.92 Å². The van der Waals surface area contributed by atoms with Crippen molar-refractivity contribution in [2.24, 2.45) is 5.92 Å². The van der Waals surface area contributed by atoms with E-state index in [1.54, 1.807) is 0 Å². The molecule has 1 N–H and O–H groups in total. The largest absolute Gasteiger partial charge is 0.355 e.